The topological polar surface area (TPSA) is 70.2 Å². The van der Waals surface area contributed by atoms with Crippen molar-refractivity contribution in [2.24, 2.45) is 0 Å². The highest BCUT2D eigenvalue weighted by Crippen LogP contribution is 2.18. The summed E-state index contributed by atoms with van der Waals surface area (Å²) in [4.78, 5) is 0.245. The Labute approximate surface area is 150 Å². The third kappa shape index (κ3) is 6.03. The fourth-order valence-corrected chi connectivity index (χ4v) is 4.48. The van der Waals surface area contributed by atoms with E-state index in [-0.39, 0.29) is 4.90 Å². The van der Waals surface area contributed by atoms with Crippen molar-refractivity contribution < 1.29 is 8.42 Å². The third-order valence-corrected chi connectivity index (χ3v) is 5.80. The Morgan fingerprint density at radius 1 is 1.08 bits per heavy atom. The third-order valence-electron chi connectivity index (χ3n) is 3.80. The molecule has 1 aliphatic rings. The van der Waals surface area contributed by atoms with E-state index in [1.807, 2.05) is 20.8 Å². The first-order valence-corrected chi connectivity index (χ1v) is 10.3. The standard InChI is InChI=1S/C17H27N3O2S2/c1-17(2,3)20-24(21,22)15-11-9-14(10-12-15)19-16(23)18-13-7-5-4-6-8-13/h9-13,20H,4-8H2,1-3H3,(H2,18,19,23). The first-order valence-electron chi connectivity index (χ1n) is 8.37. The van der Waals surface area contributed by atoms with Crippen LogP contribution in [-0.4, -0.2) is 25.1 Å². The second-order valence-electron chi connectivity index (χ2n) is 7.31. The lowest BCUT2D eigenvalue weighted by atomic mass is 9.96. The van der Waals surface area contributed by atoms with Crippen LogP contribution < -0.4 is 15.4 Å². The van der Waals surface area contributed by atoms with Gasteiger partial charge in [-0.3, -0.25) is 0 Å². The number of thiocarbonyl (C=S) groups is 1. The number of sulfonamides is 1. The van der Waals surface area contributed by atoms with Gasteiger partial charge in [0.15, 0.2) is 5.11 Å². The Kier molecular flexibility index (Phi) is 6.22. The Balaban J connectivity index is 1.95. The van der Waals surface area contributed by atoms with E-state index in [1.54, 1.807) is 24.3 Å². The van der Waals surface area contributed by atoms with Crippen molar-refractivity contribution >= 4 is 33.0 Å². The second kappa shape index (κ2) is 7.80. The molecule has 1 aromatic rings. The molecule has 0 spiro atoms. The fraction of sp³-hybridized carbons (Fsp3) is 0.588. The molecular formula is C17H27N3O2S2. The normalized spacial score (nSPS) is 16.6. The monoisotopic (exact) mass is 369 g/mol. The Morgan fingerprint density at radius 2 is 1.67 bits per heavy atom. The van der Waals surface area contributed by atoms with Crippen molar-refractivity contribution in [2.45, 2.75) is 69.4 Å². The number of nitrogens with one attached hydrogen (secondary N) is 3. The number of benzene rings is 1. The zero-order valence-electron chi connectivity index (χ0n) is 14.6. The molecule has 0 aliphatic heterocycles. The SMILES string of the molecule is CC(C)(C)NS(=O)(=O)c1ccc(NC(=S)NC2CCCCC2)cc1. The fourth-order valence-electron chi connectivity index (χ4n) is 2.78. The van der Waals surface area contributed by atoms with Crippen LogP contribution >= 0.6 is 12.2 Å². The number of anilines is 1. The summed E-state index contributed by atoms with van der Waals surface area (Å²) in [6.45, 7) is 5.45. The van der Waals surface area contributed by atoms with Crippen molar-refractivity contribution in [2.75, 3.05) is 5.32 Å². The summed E-state index contributed by atoms with van der Waals surface area (Å²) >= 11 is 5.34. The smallest absolute Gasteiger partial charge is 0.241 e. The van der Waals surface area contributed by atoms with Crippen LogP contribution in [0.4, 0.5) is 5.69 Å². The zero-order chi connectivity index (χ0) is 17.8. The van der Waals surface area contributed by atoms with E-state index >= 15 is 0 Å². The van der Waals surface area contributed by atoms with Gasteiger partial charge in [0.05, 0.1) is 4.90 Å². The molecule has 5 nitrogen and oxygen atoms in total. The van der Waals surface area contributed by atoms with Gasteiger partial charge in [-0.1, -0.05) is 19.3 Å². The Bertz CT molecular complexity index is 658. The van der Waals surface area contributed by atoms with Crippen LogP contribution in [0, 0.1) is 0 Å². The largest absolute Gasteiger partial charge is 0.360 e. The van der Waals surface area contributed by atoms with E-state index in [2.05, 4.69) is 15.4 Å². The predicted molar refractivity (Wildman–Crippen MR) is 103 cm³/mol. The van der Waals surface area contributed by atoms with Crippen LogP contribution in [0.15, 0.2) is 29.2 Å². The van der Waals surface area contributed by atoms with Crippen molar-refractivity contribution in [3.05, 3.63) is 24.3 Å². The average Bonchev–Trinajstić information content (AvgIpc) is 2.46. The summed E-state index contributed by atoms with van der Waals surface area (Å²) in [6.07, 6.45) is 6.09. The predicted octanol–water partition coefficient (Wildman–Crippen LogP) is 3.38. The summed E-state index contributed by atoms with van der Waals surface area (Å²) in [5.74, 6) is 0. The van der Waals surface area contributed by atoms with E-state index < -0.39 is 15.6 Å². The highest BCUT2D eigenvalue weighted by molar-refractivity contribution is 7.89. The molecule has 0 atom stereocenters. The summed E-state index contributed by atoms with van der Waals surface area (Å²) in [5, 5.41) is 7.04. The summed E-state index contributed by atoms with van der Waals surface area (Å²) in [7, 11) is -3.51. The molecule has 134 valence electrons. The molecule has 0 bridgehead atoms. The number of hydrogen-bond donors (Lipinski definition) is 3. The molecule has 0 unspecified atom stereocenters. The molecule has 3 N–H and O–H groups in total. The van der Waals surface area contributed by atoms with Crippen molar-refractivity contribution in [3.63, 3.8) is 0 Å². The lowest BCUT2D eigenvalue weighted by Gasteiger charge is -2.24. The minimum absolute atomic E-state index is 0.245. The van der Waals surface area contributed by atoms with E-state index in [0.717, 1.165) is 18.5 Å². The number of rotatable bonds is 4. The maximum Gasteiger partial charge on any atom is 0.241 e. The molecular weight excluding hydrogens is 342 g/mol. The highest BCUT2D eigenvalue weighted by Gasteiger charge is 2.21. The Hall–Kier alpha value is -1.18. The molecule has 1 saturated carbocycles. The molecule has 0 heterocycles. The van der Waals surface area contributed by atoms with Gasteiger partial charge in [0.25, 0.3) is 0 Å². The minimum Gasteiger partial charge on any atom is -0.360 e. The molecule has 7 heteroatoms. The van der Waals surface area contributed by atoms with Crippen LogP contribution in [0.3, 0.4) is 0 Å². The molecule has 1 aliphatic carbocycles. The molecule has 2 rings (SSSR count). The van der Waals surface area contributed by atoms with Crippen molar-refractivity contribution in [1.82, 2.24) is 10.0 Å². The van der Waals surface area contributed by atoms with E-state index in [1.165, 1.54) is 19.3 Å². The molecule has 0 saturated heterocycles. The summed E-state index contributed by atoms with van der Waals surface area (Å²) in [5.41, 5.74) is 0.263. The van der Waals surface area contributed by atoms with E-state index in [4.69, 9.17) is 12.2 Å². The van der Waals surface area contributed by atoms with Gasteiger partial charge in [-0.05, 0) is 70.1 Å². The van der Waals surface area contributed by atoms with Gasteiger partial charge in [-0.15, -0.1) is 0 Å². The highest BCUT2D eigenvalue weighted by atomic mass is 32.2. The van der Waals surface area contributed by atoms with Gasteiger partial charge >= 0.3 is 0 Å². The van der Waals surface area contributed by atoms with Gasteiger partial charge in [-0.2, -0.15) is 0 Å². The summed E-state index contributed by atoms with van der Waals surface area (Å²) < 4.78 is 27.2. The first-order chi connectivity index (χ1) is 11.2. The second-order valence-corrected chi connectivity index (χ2v) is 9.40. The molecule has 0 radical (unpaired) electrons. The number of hydrogen-bond acceptors (Lipinski definition) is 3. The quantitative estimate of drug-likeness (QED) is 0.710. The molecule has 0 aromatic heterocycles. The van der Waals surface area contributed by atoms with Crippen LogP contribution in [0.2, 0.25) is 0 Å². The van der Waals surface area contributed by atoms with Gasteiger partial charge < -0.3 is 10.6 Å². The van der Waals surface area contributed by atoms with E-state index in [9.17, 15) is 8.42 Å². The average molecular weight is 370 g/mol. The molecule has 24 heavy (non-hydrogen) atoms. The van der Waals surface area contributed by atoms with Crippen LogP contribution in [0.5, 0.6) is 0 Å². The van der Waals surface area contributed by atoms with Crippen molar-refractivity contribution in [1.29, 1.82) is 0 Å². The van der Waals surface area contributed by atoms with Crippen LogP contribution in [-0.2, 0) is 10.0 Å². The van der Waals surface area contributed by atoms with Crippen LogP contribution in [0.1, 0.15) is 52.9 Å². The lowest BCUT2D eigenvalue weighted by molar-refractivity contribution is 0.415. The lowest BCUT2D eigenvalue weighted by Crippen LogP contribution is -2.40. The van der Waals surface area contributed by atoms with Crippen molar-refractivity contribution in [3.8, 4) is 0 Å². The minimum atomic E-state index is -3.51. The molecule has 0 amide bonds. The van der Waals surface area contributed by atoms with Gasteiger partial charge in [-0.25, -0.2) is 13.1 Å². The van der Waals surface area contributed by atoms with Crippen LogP contribution in [0.25, 0.3) is 0 Å². The molecule has 1 fully saturated rings. The maximum absolute atomic E-state index is 12.3. The Morgan fingerprint density at radius 3 is 2.21 bits per heavy atom. The van der Waals surface area contributed by atoms with Gasteiger partial charge in [0, 0.05) is 17.3 Å². The first kappa shape index (κ1) is 19.1. The maximum atomic E-state index is 12.3. The van der Waals surface area contributed by atoms with Gasteiger partial charge in [0.2, 0.25) is 10.0 Å². The summed E-state index contributed by atoms with van der Waals surface area (Å²) in [6, 6.07) is 7.06. The van der Waals surface area contributed by atoms with E-state index in [0.29, 0.717) is 11.2 Å². The zero-order valence-corrected chi connectivity index (χ0v) is 16.2. The molecule has 1 aromatic carbocycles. The van der Waals surface area contributed by atoms with Gasteiger partial charge in [0.1, 0.15) is 0 Å².